The van der Waals surface area contributed by atoms with Crippen LogP contribution in [0.4, 0.5) is 0 Å². The minimum atomic E-state index is -0.534. The molecule has 1 aromatic rings. The molecule has 2 rings (SSSR count). The van der Waals surface area contributed by atoms with Crippen LogP contribution in [0, 0.1) is 6.92 Å². The summed E-state index contributed by atoms with van der Waals surface area (Å²) in [5, 5.41) is 10.3. The van der Waals surface area contributed by atoms with Crippen LogP contribution >= 0.6 is 23.4 Å². The minimum absolute atomic E-state index is 0.534. The van der Waals surface area contributed by atoms with Gasteiger partial charge in [-0.05, 0) is 29.7 Å². The van der Waals surface area contributed by atoms with Crippen LogP contribution < -0.4 is 0 Å². The Balaban J connectivity index is 2.68. The molecule has 0 saturated carbocycles. The largest absolute Gasteiger partial charge is 0.378 e. The molecule has 1 unspecified atom stereocenters. The highest BCUT2D eigenvalue weighted by molar-refractivity contribution is 8.00. The highest BCUT2D eigenvalue weighted by Gasteiger charge is 2.27. The highest BCUT2D eigenvalue weighted by atomic mass is 35.5. The molecule has 0 saturated heterocycles. The number of hydrogen-bond acceptors (Lipinski definition) is 2. The molecule has 1 aliphatic rings. The van der Waals surface area contributed by atoms with Gasteiger partial charge in [0.25, 0.3) is 0 Å². The Bertz CT molecular complexity index is 387. The number of benzene rings is 1. The molecule has 3 heteroatoms. The third kappa shape index (κ3) is 1.30. The molecule has 1 N–H and O–H groups in total. The summed E-state index contributed by atoms with van der Waals surface area (Å²) in [6, 6.07) is 3.80. The monoisotopic (exact) mass is 212 g/mol. The van der Waals surface area contributed by atoms with Gasteiger partial charge in [-0.2, -0.15) is 0 Å². The van der Waals surface area contributed by atoms with Crippen molar-refractivity contribution in [3.8, 4) is 0 Å². The van der Waals surface area contributed by atoms with E-state index in [4.69, 9.17) is 11.6 Å². The third-order valence-corrected chi connectivity index (χ3v) is 3.76. The van der Waals surface area contributed by atoms with Gasteiger partial charge in [-0.3, -0.25) is 0 Å². The second kappa shape index (κ2) is 3.05. The van der Waals surface area contributed by atoms with Crippen molar-refractivity contribution in [2.24, 2.45) is 0 Å². The van der Waals surface area contributed by atoms with Crippen molar-refractivity contribution >= 4 is 28.9 Å². The molecule has 1 atom stereocenters. The lowest BCUT2D eigenvalue weighted by molar-refractivity contribution is 0.320. The van der Waals surface area contributed by atoms with Crippen LogP contribution in [0.25, 0.3) is 5.57 Å². The summed E-state index contributed by atoms with van der Waals surface area (Å²) >= 11 is 7.36. The number of thioether (sulfide) groups is 1. The van der Waals surface area contributed by atoms with Crippen molar-refractivity contribution in [1.82, 2.24) is 0 Å². The molecule has 1 nitrogen and oxygen atoms in total. The predicted molar refractivity (Wildman–Crippen MR) is 57.1 cm³/mol. The smallest absolute Gasteiger partial charge is 0.129 e. The highest BCUT2D eigenvalue weighted by Crippen LogP contribution is 2.47. The van der Waals surface area contributed by atoms with E-state index in [1.54, 1.807) is 0 Å². The summed E-state index contributed by atoms with van der Waals surface area (Å²) in [7, 11) is 0. The molecule has 0 spiro atoms. The summed E-state index contributed by atoms with van der Waals surface area (Å²) in [6.07, 6.45) is 0. The maximum absolute atomic E-state index is 9.57. The maximum atomic E-state index is 9.57. The van der Waals surface area contributed by atoms with E-state index in [-0.39, 0.29) is 0 Å². The van der Waals surface area contributed by atoms with Crippen molar-refractivity contribution in [2.75, 3.05) is 0 Å². The average molecular weight is 213 g/mol. The fourth-order valence-electron chi connectivity index (χ4n) is 1.48. The molecule has 13 heavy (non-hydrogen) atoms. The summed E-state index contributed by atoms with van der Waals surface area (Å²) in [6.45, 7) is 5.85. The van der Waals surface area contributed by atoms with Crippen LogP contribution in [0.3, 0.4) is 0 Å². The molecule has 0 aromatic heterocycles. The Morgan fingerprint density at radius 1 is 1.54 bits per heavy atom. The second-order valence-corrected chi connectivity index (χ2v) is 4.56. The van der Waals surface area contributed by atoms with Gasteiger partial charge in [0.2, 0.25) is 0 Å². The van der Waals surface area contributed by atoms with E-state index in [9.17, 15) is 5.11 Å². The van der Waals surface area contributed by atoms with Crippen LogP contribution in [0.15, 0.2) is 23.6 Å². The van der Waals surface area contributed by atoms with E-state index >= 15 is 0 Å². The first kappa shape index (κ1) is 9.13. The van der Waals surface area contributed by atoms with Crippen LogP contribution in [0.2, 0.25) is 5.02 Å². The summed E-state index contributed by atoms with van der Waals surface area (Å²) < 4.78 is 0. The Kier molecular flexibility index (Phi) is 2.14. The summed E-state index contributed by atoms with van der Waals surface area (Å²) in [5.41, 5.74) is 2.37. The predicted octanol–water partition coefficient (Wildman–Crippen LogP) is 3.09. The number of halogens is 1. The van der Waals surface area contributed by atoms with Gasteiger partial charge in [0.1, 0.15) is 5.44 Å². The molecule has 0 aliphatic carbocycles. The van der Waals surface area contributed by atoms with Crippen LogP contribution in [0.5, 0.6) is 0 Å². The van der Waals surface area contributed by atoms with E-state index in [2.05, 4.69) is 6.58 Å². The molecule has 1 heterocycles. The van der Waals surface area contributed by atoms with Gasteiger partial charge >= 0.3 is 0 Å². The van der Waals surface area contributed by atoms with E-state index in [1.165, 1.54) is 11.8 Å². The molecule has 0 bridgehead atoms. The normalized spacial score (nSPS) is 20.5. The van der Waals surface area contributed by atoms with Crippen molar-refractivity contribution in [3.05, 3.63) is 34.9 Å². The average Bonchev–Trinajstić information content (AvgIpc) is 2.38. The van der Waals surface area contributed by atoms with Gasteiger partial charge < -0.3 is 5.11 Å². The third-order valence-electron chi connectivity index (χ3n) is 2.17. The first-order valence-corrected chi connectivity index (χ1v) is 5.20. The van der Waals surface area contributed by atoms with Crippen molar-refractivity contribution in [3.63, 3.8) is 0 Å². The standard InChI is InChI=1S/C10H9ClOS/c1-5-3-4-7(11)9-8(5)6(2)10(12)13-9/h3-4,10,12H,2H2,1H3. The molecule has 0 amide bonds. The maximum Gasteiger partial charge on any atom is 0.129 e. The fourth-order valence-corrected chi connectivity index (χ4v) is 2.84. The van der Waals surface area contributed by atoms with Gasteiger partial charge in [-0.1, -0.05) is 36.0 Å². The fraction of sp³-hybridized carbons (Fsp3) is 0.200. The van der Waals surface area contributed by atoms with Gasteiger partial charge in [0, 0.05) is 4.90 Å². The molecular formula is C10H9ClOS. The molecule has 68 valence electrons. The number of fused-ring (bicyclic) bond motifs is 1. The zero-order valence-electron chi connectivity index (χ0n) is 7.17. The van der Waals surface area contributed by atoms with Crippen molar-refractivity contribution in [1.29, 1.82) is 0 Å². The summed E-state index contributed by atoms with van der Waals surface area (Å²) in [4.78, 5) is 0.958. The lowest BCUT2D eigenvalue weighted by atomic mass is 10.0. The lowest BCUT2D eigenvalue weighted by Gasteiger charge is -2.04. The van der Waals surface area contributed by atoms with Gasteiger partial charge in [0.15, 0.2) is 0 Å². The van der Waals surface area contributed by atoms with E-state index in [0.29, 0.717) is 5.02 Å². The van der Waals surface area contributed by atoms with E-state index in [0.717, 1.165) is 21.6 Å². The zero-order valence-corrected chi connectivity index (χ0v) is 8.75. The molecule has 0 fully saturated rings. The minimum Gasteiger partial charge on any atom is -0.378 e. The SMILES string of the molecule is C=C1c2c(C)ccc(Cl)c2SC1O. The topological polar surface area (TPSA) is 20.2 Å². The van der Waals surface area contributed by atoms with Crippen LogP contribution in [-0.4, -0.2) is 10.5 Å². The van der Waals surface area contributed by atoms with E-state index in [1.807, 2.05) is 19.1 Å². The Morgan fingerprint density at radius 2 is 2.23 bits per heavy atom. The van der Waals surface area contributed by atoms with Crippen molar-refractivity contribution in [2.45, 2.75) is 17.3 Å². The molecule has 1 aliphatic heterocycles. The lowest BCUT2D eigenvalue weighted by Crippen LogP contribution is -1.95. The zero-order chi connectivity index (χ0) is 9.59. The quantitative estimate of drug-likeness (QED) is 0.713. The van der Waals surface area contributed by atoms with Crippen LogP contribution in [0.1, 0.15) is 11.1 Å². The second-order valence-electron chi connectivity index (χ2n) is 3.06. The number of aliphatic hydroxyl groups is 1. The summed E-state index contributed by atoms with van der Waals surface area (Å²) in [5.74, 6) is 0. The van der Waals surface area contributed by atoms with Crippen LogP contribution in [-0.2, 0) is 0 Å². The molecule has 0 radical (unpaired) electrons. The van der Waals surface area contributed by atoms with Crippen molar-refractivity contribution < 1.29 is 5.11 Å². The van der Waals surface area contributed by atoms with E-state index < -0.39 is 5.44 Å². The molecular weight excluding hydrogens is 204 g/mol. The Morgan fingerprint density at radius 3 is 2.85 bits per heavy atom. The number of hydrogen-bond donors (Lipinski definition) is 1. The Labute approximate surface area is 86.4 Å². The Hall–Kier alpha value is -0.440. The molecule has 1 aromatic carbocycles. The first-order valence-electron chi connectivity index (χ1n) is 3.94. The first-order chi connectivity index (χ1) is 6.11. The van der Waals surface area contributed by atoms with Gasteiger partial charge in [0.05, 0.1) is 5.02 Å². The number of rotatable bonds is 0. The van der Waals surface area contributed by atoms with Gasteiger partial charge in [-0.25, -0.2) is 0 Å². The number of aryl methyl sites for hydroxylation is 1. The number of aliphatic hydroxyl groups excluding tert-OH is 1. The van der Waals surface area contributed by atoms with Gasteiger partial charge in [-0.15, -0.1) is 0 Å².